The molecule has 2 aromatic heterocycles. The lowest BCUT2D eigenvalue weighted by atomic mass is 9.95. The number of thiophene rings is 1. The number of aromatic nitrogens is 2. The smallest absolute Gasteiger partial charge is 0.260 e. The number of halogens is 1. The summed E-state index contributed by atoms with van der Waals surface area (Å²) in [6, 6.07) is 14.2. The first-order valence-corrected chi connectivity index (χ1v) is 12.3. The minimum atomic E-state index is -0.173. The molecule has 1 aliphatic heterocycles. The molecule has 3 N–H and O–H groups in total. The molecule has 1 fully saturated rings. The second kappa shape index (κ2) is 9.58. The van der Waals surface area contributed by atoms with Crippen molar-refractivity contribution in [3.8, 4) is 16.9 Å². The predicted octanol–water partition coefficient (Wildman–Crippen LogP) is 4.86. The van der Waals surface area contributed by atoms with Crippen molar-refractivity contribution in [1.29, 1.82) is 0 Å². The first-order chi connectivity index (χ1) is 16.5. The molecule has 7 nitrogen and oxygen atoms in total. The average Bonchev–Trinajstić information content (AvgIpc) is 3.25. The molecular weight excluding hydrogens is 472 g/mol. The monoisotopic (exact) mass is 494 g/mol. The van der Waals surface area contributed by atoms with Crippen LogP contribution in [0.5, 0.6) is 5.75 Å². The van der Waals surface area contributed by atoms with Crippen LogP contribution < -0.4 is 10.9 Å². The van der Waals surface area contributed by atoms with E-state index in [0.29, 0.717) is 46.1 Å². The fraction of sp³-hybridized carbons (Fsp3) is 0.240. The third-order valence-electron chi connectivity index (χ3n) is 6.15. The molecular formula is C25H23ClN4O3S. The van der Waals surface area contributed by atoms with E-state index in [0.717, 1.165) is 24.2 Å². The van der Waals surface area contributed by atoms with Crippen molar-refractivity contribution in [2.45, 2.75) is 19.4 Å². The molecule has 4 aromatic rings. The molecule has 0 bridgehead atoms. The normalized spacial score (nSPS) is 15.0. The zero-order valence-electron chi connectivity index (χ0n) is 18.3. The highest BCUT2D eigenvalue weighted by atomic mass is 35.5. The van der Waals surface area contributed by atoms with E-state index in [4.69, 9.17) is 16.6 Å². The topological polar surface area (TPSA) is 98.3 Å². The summed E-state index contributed by atoms with van der Waals surface area (Å²) in [4.78, 5) is 36.0. The zero-order valence-corrected chi connectivity index (χ0v) is 19.8. The summed E-state index contributed by atoms with van der Waals surface area (Å²) in [5.74, 6) is 0.466. The molecule has 0 unspecified atom stereocenters. The van der Waals surface area contributed by atoms with Gasteiger partial charge in [0.1, 0.15) is 16.4 Å². The molecule has 0 saturated carbocycles. The van der Waals surface area contributed by atoms with Gasteiger partial charge in [0.25, 0.3) is 5.56 Å². The Morgan fingerprint density at radius 2 is 1.88 bits per heavy atom. The van der Waals surface area contributed by atoms with Gasteiger partial charge in [-0.15, -0.1) is 11.3 Å². The highest BCUT2D eigenvalue weighted by molar-refractivity contribution is 7.17. The summed E-state index contributed by atoms with van der Waals surface area (Å²) in [6.45, 7) is 1.95. The maximum atomic E-state index is 12.9. The van der Waals surface area contributed by atoms with Gasteiger partial charge >= 0.3 is 0 Å². The van der Waals surface area contributed by atoms with Crippen molar-refractivity contribution in [3.05, 3.63) is 75.1 Å². The van der Waals surface area contributed by atoms with Crippen LogP contribution >= 0.6 is 22.9 Å². The van der Waals surface area contributed by atoms with Gasteiger partial charge in [0.05, 0.1) is 17.6 Å². The van der Waals surface area contributed by atoms with Gasteiger partial charge in [0.2, 0.25) is 5.91 Å². The van der Waals surface area contributed by atoms with Crippen molar-refractivity contribution >= 4 is 44.7 Å². The number of benzene rings is 2. The van der Waals surface area contributed by atoms with Crippen LogP contribution in [0.25, 0.3) is 21.3 Å². The van der Waals surface area contributed by atoms with Gasteiger partial charge in [-0.3, -0.25) is 14.5 Å². The molecule has 3 heterocycles. The number of hydrogen-bond acceptors (Lipinski definition) is 6. The minimum Gasteiger partial charge on any atom is -0.506 e. The van der Waals surface area contributed by atoms with E-state index in [1.165, 1.54) is 11.3 Å². The largest absolute Gasteiger partial charge is 0.506 e. The predicted molar refractivity (Wildman–Crippen MR) is 135 cm³/mol. The number of rotatable bonds is 5. The van der Waals surface area contributed by atoms with Gasteiger partial charge in [0, 0.05) is 27.4 Å². The number of aromatic hydroxyl groups is 1. The molecule has 0 atom stereocenters. The number of likely N-dealkylation sites (tertiary alicyclic amines) is 1. The number of H-pyrrole nitrogens is 1. The number of carbonyl (C=O) groups excluding carboxylic acids is 1. The maximum absolute atomic E-state index is 12.9. The van der Waals surface area contributed by atoms with Crippen molar-refractivity contribution in [3.63, 3.8) is 0 Å². The second-order valence-corrected chi connectivity index (χ2v) is 9.64. The number of phenolic OH excluding ortho intramolecular Hbond substituents is 1. The van der Waals surface area contributed by atoms with Crippen LogP contribution in [0.1, 0.15) is 18.7 Å². The van der Waals surface area contributed by atoms with Gasteiger partial charge in [-0.25, -0.2) is 4.98 Å². The fourth-order valence-corrected chi connectivity index (χ4v) is 5.52. The fourth-order valence-electron chi connectivity index (χ4n) is 4.33. The van der Waals surface area contributed by atoms with Crippen LogP contribution in [0, 0.1) is 5.92 Å². The summed E-state index contributed by atoms with van der Waals surface area (Å²) in [7, 11) is 0. The van der Waals surface area contributed by atoms with Crippen molar-refractivity contribution < 1.29 is 9.90 Å². The molecule has 0 spiro atoms. The Kier molecular flexibility index (Phi) is 6.36. The van der Waals surface area contributed by atoms with Gasteiger partial charge in [-0.1, -0.05) is 41.9 Å². The number of amides is 1. The number of anilines is 1. The molecule has 1 aliphatic rings. The van der Waals surface area contributed by atoms with Gasteiger partial charge in [-0.05, 0) is 44.1 Å². The first kappa shape index (κ1) is 22.6. The zero-order chi connectivity index (χ0) is 23.7. The summed E-state index contributed by atoms with van der Waals surface area (Å²) in [6.07, 6.45) is 1.39. The van der Waals surface area contributed by atoms with Crippen LogP contribution in [-0.2, 0) is 11.3 Å². The molecule has 0 aliphatic carbocycles. The Labute approximate surface area is 205 Å². The third kappa shape index (κ3) is 4.57. The van der Waals surface area contributed by atoms with E-state index in [9.17, 15) is 14.7 Å². The van der Waals surface area contributed by atoms with E-state index in [1.807, 2.05) is 29.6 Å². The number of nitrogens with one attached hydrogen (secondary N) is 2. The standard InChI is InChI=1S/C25H23ClN4O3S/c26-18-6-2-1-5-16(18)17-14-34-25-22(17)24(33)28-21(29-25)13-30-11-9-15(10-12-30)23(32)27-19-7-3-4-8-20(19)31/h1-8,14-15,31H,9-13H2,(H,27,32)(H,28,29,33). The van der Waals surface area contributed by atoms with Crippen LogP contribution in [0.15, 0.2) is 58.7 Å². The summed E-state index contributed by atoms with van der Waals surface area (Å²) < 4.78 is 0. The molecule has 174 valence electrons. The number of fused-ring (bicyclic) bond motifs is 1. The molecule has 34 heavy (non-hydrogen) atoms. The number of hydrogen-bond donors (Lipinski definition) is 3. The Morgan fingerprint density at radius 3 is 2.65 bits per heavy atom. The highest BCUT2D eigenvalue weighted by Crippen LogP contribution is 2.35. The third-order valence-corrected chi connectivity index (χ3v) is 7.35. The molecule has 1 amide bonds. The quantitative estimate of drug-likeness (QED) is 0.344. The maximum Gasteiger partial charge on any atom is 0.260 e. The number of nitrogens with zero attached hydrogens (tertiary/aromatic N) is 2. The second-order valence-electron chi connectivity index (χ2n) is 8.38. The van der Waals surface area contributed by atoms with E-state index >= 15 is 0 Å². The van der Waals surface area contributed by atoms with Gasteiger partial charge < -0.3 is 15.4 Å². The van der Waals surface area contributed by atoms with E-state index in [1.54, 1.807) is 24.3 Å². The van der Waals surface area contributed by atoms with Crippen LogP contribution in [0.2, 0.25) is 5.02 Å². The van der Waals surface area contributed by atoms with Crippen molar-refractivity contribution in [1.82, 2.24) is 14.9 Å². The summed E-state index contributed by atoms with van der Waals surface area (Å²) in [5, 5.41) is 15.8. The van der Waals surface area contributed by atoms with Crippen molar-refractivity contribution in [2.24, 2.45) is 5.92 Å². The number of carbonyl (C=O) groups is 1. The number of piperidine rings is 1. The minimum absolute atomic E-state index is 0.0602. The summed E-state index contributed by atoms with van der Waals surface area (Å²) in [5.41, 5.74) is 1.87. The Bertz CT molecular complexity index is 1410. The van der Waals surface area contributed by atoms with Gasteiger partial charge in [-0.2, -0.15) is 0 Å². The first-order valence-electron chi connectivity index (χ1n) is 11.1. The van der Waals surface area contributed by atoms with E-state index in [2.05, 4.69) is 15.2 Å². The lowest BCUT2D eigenvalue weighted by Crippen LogP contribution is -2.38. The lowest BCUT2D eigenvalue weighted by molar-refractivity contribution is -0.121. The molecule has 1 saturated heterocycles. The SMILES string of the molecule is O=C(Nc1ccccc1O)C1CCN(Cc2nc3scc(-c4ccccc4Cl)c3c(=O)[nH]2)CC1. The molecule has 0 radical (unpaired) electrons. The lowest BCUT2D eigenvalue weighted by Gasteiger charge is -2.30. The van der Waals surface area contributed by atoms with E-state index in [-0.39, 0.29) is 23.1 Å². The molecule has 2 aromatic carbocycles. The average molecular weight is 495 g/mol. The molecule has 5 rings (SSSR count). The van der Waals surface area contributed by atoms with Crippen LogP contribution in [0.3, 0.4) is 0 Å². The Balaban J connectivity index is 1.25. The van der Waals surface area contributed by atoms with Gasteiger partial charge in [0.15, 0.2) is 0 Å². The summed E-state index contributed by atoms with van der Waals surface area (Å²) >= 11 is 7.77. The number of para-hydroxylation sites is 2. The number of phenols is 1. The Hall–Kier alpha value is -3.20. The Morgan fingerprint density at radius 1 is 1.15 bits per heavy atom. The molecule has 9 heteroatoms. The van der Waals surface area contributed by atoms with Crippen LogP contribution in [-0.4, -0.2) is 39.0 Å². The van der Waals surface area contributed by atoms with Crippen molar-refractivity contribution in [2.75, 3.05) is 18.4 Å². The van der Waals surface area contributed by atoms with E-state index < -0.39 is 0 Å². The highest BCUT2D eigenvalue weighted by Gasteiger charge is 2.26. The van der Waals surface area contributed by atoms with Crippen LogP contribution in [0.4, 0.5) is 5.69 Å². The number of aromatic amines is 1.